The standard InChI is InChI=1S/C12H27NO/c1-5-6-7-11(9-14)8-13-10-12(2,3)4/h11,13-14H,5-10H2,1-4H3/t11-/m1/s1. The molecule has 2 heteroatoms. The van der Waals surface area contributed by atoms with Gasteiger partial charge in [-0.1, -0.05) is 40.5 Å². The zero-order valence-electron chi connectivity index (χ0n) is 10.3. The normalized spacial score (nSPS) is 14.4. The fraction of sp³-hybridized carbons (Fsp3) is 1.00. The van der Waals surface area contributed by atoms with Gasteiger partial charge in [0.25, 0.3) is 0 Å². The maximum Gasteiger partial charge on any atom is 0.0471 e. The number of rotatable bonds is 7. The second kappa shape index (κ2) is 7.24. The molecule has 2 nitrogen and oxygen atoms in total. The summed E-state index contributed by atoms with van der Waals surface area (Å²) >= 11 is 0. The van der Waals surface area contributed by atoms with Crippen molar-refractivity contribution in [2.45, 2.75) is 47.0 Å². The van der Waals surface area contributed by atoms with Gasteiger partial charge in [-0.2, -0.15) is 0 Å². The summed E-state index contributed by atoms with van der Waals surface area (Å²) in [4.78, 5) is 0. The first-order chi connectivity index (χ1) is 6.49. The van der Waals surface area contributed by atoms with Crippen LogP contribution < -0.4 is 5.32 Å². The van der Waals surface area contributed by atoms with E-state index in [0.717, 1.165) is 19.5 Å². The third kappa shape index (κ3) is 8.52. The average molecular weight is 201 g/mol. The second-order valence-corrected chi connectivity index (χ2v) is 5.38. The van der Waals surface area contributed by atoms with Gasteiger partial charge in [0, 0.05) is 19.7 Å². The van der Waals surface area contributed by atoms with E-state index < -0.39 is 0 Å². The molecule has 0 aliphatic heterocycles. The van der Waals surface area contributed by atoms with Crippen LogP contribution in [0.3, 0.4) is 0 Å². The van der Waals surface area contributed by atoms with Crippen molar-refractivity contribution >= 4 is 0 Å². The van der Waals surface area contributed by atoms with Crippen molar-refractivity contribution < 1.29 is 5.11 Å². The van der Waals surface area contributed by atoms with E-state index in [-0.39, 0.29) is 0 Å². The summed E-state index contributed by atoms with van der Waals surface area (Å²) in [5, 5.41) is 12.6. The molecule has 14 heavy (non-hydrogen) atoms. The lowest BCUT2D eigenvalue weighted by molar-refractivity contribution is 0.207. The Balaban J connectivity index is 3.52. The number of hydrogen-bond donors (Lipinski definition) is 2. The smallest absolute Gasteiger partial charge is 0.0471 e. The van der Waals surface area contributed by atoms with E-state index in [4.69, 9.17) is 5.11 Å². The van der Waals surface area contributed by atoms with E-state index in [1.165, 1.54) is 12.8 Å². The third-order valence-electron chi connectivity index (χ3n) is 2.31. The molecule has 1 atom stereocenters. The predicted molar refractivity (Wildman–Crippen MR) is 62.4 cm³/mol. The van der Waals surface area contributed by atoms with E-state index in [0.29, 0.717) is 17.9 Å². The van der Waals surface area contributed by atoms with Gasteiger partial charge in [0.1, 0.15) is 0 Å². The van der Waals surface area contributed by atoms with Crippen LogP contribution in [0.1, 0.15) is 47.0 Å². The van der Waals surface area contributed by atoms with Crippen LogP contribution in [0.5, 0.6) is 0 Å². The molecule has 86 valence electrons. The number of aliphatic hydroxyl groups excluding tert-OH is 1. The van der Waals surface area contributed by atoms with Gasteiger partial charge in [0.15, 0.2) is 0 Å². The maximum atomic E-state index is 9.14. The van der Waals surface area contributed by atoms with Crippen LogP contribution in [0.15, 0.2) is 0 Å². The minimum atomic E-state index is 0.317. The first-order valence-electron chi connectivity index (χ1n) is 5.81. The predicted octanol–water partition coefficient (Wildman–Crippen LogP) is 2.42. The van der Waals surface area contributed by atoms with Gasteiger partial charge in [-0.3, -0.25) is 0 Å². The van der Waals surface area contributed by atoms with Crippen molar-refractivity contribution in [1.29, 1.82) is 0 Å². The van der Waals surface area contributed by atoms with E-state index >= 15 is 0 Å². The van der Waals surface area contributed by atoms with Crippen molar-refractivity contribution in [2.75, 3.05) is 19.7 Å². The average Bonchev–Trinajstić information content (AvgIpc) is 2.09. The molecule has 0 spiro atoms. The molecule has 0 fully saturated rings. The Morgan fingerprint density at radius 1 is 1.29 bits per heavy atom. The minimum absolute atomic E-state index is 0.317. The summed E-state index contributed by atoms with van der Waals surface area (Å²) in [5.41, 5.74) is 0.338. The molecule has 0 aromatic rings. The molecule has 0 aliphatic carbocycles. The number of aliphatic hydroxyl groups is 1. The van der Waals surface area contributed by atoms with Crippen molar-refractivity contribution in [2.24, 2.45) is 11.3 Å². The van der Waals surface area contributed by atoms with Crippen LogP contribution in [0.2, 0.25) is 0 Å². The molecular formula is C12H27NO. The summed E-state index contributed by atoms with van der Waals surface area (Å²) in [6.07, 6.45) is 3.59. The lowest BCUT2D eigenvalue weighted by atomic mass is 9.96. The quantitative estimate of drug-likeness (QED) is 0.663. The van der Waals surface area contributed by atoms with Crippen molar-refractivity contribution in [3.63, 3.8) is 0 Å². The van der Waals surface area contributed by atoms with Gasteiger partial charge in [-0.05, 0) is 17.8 Å². The van der Waals surface area contributed by atoms with Crippen molar-refractivity contribution in [1.82, 2.24) is 5.32 Å². The molecule has 2 N–H and O–H groups in total. The fourth-order valence-corrected chi connectivity index (χ4v) is 1.40. The fourth-order valence-electron chi connectivity index (χ4n) is 1.40. The van der Waals surface area contributed by atoms with Crippen LogP contribution in [0, 0.1) is 11.3 Å². The molecule has 0 saturated carbocycles. The first kappa shape index (κ1) is 13.9. The van der Waals surface area contributed by atoms with Crippen LogP contribution in [0.25, 0.3) is 0 Å². The van der Waals surface area contributed by atoms with Crippen molar-refractivity contribution in [3.05, 3.63) is 0 Å². The highest BCUT2D eigenvalue weighted by atomic mass is 16.3. The molecule has 0 aromatic carbocycles. The highest BCUT2D eigenvalue weighted by Gasteiger charge is 2.11. The molecule has 0 saturated heterocycles. The zero-order chi connectivity index (χ0) is 11.0. The van der Waals surface area contributed by atoms with Crippen LogP contribution in [0.4, 0.5) is 0 Å². The Morgan fingerprint density at radius 2 is 1.93 bits per heavy atom. The largest absolute Gasteiger partial charge is 0.396 e. The topological polar surface area (TPSA) is 32.3 Å². The van der Waals surface area contributed by atoms with Crippen molar-refractivity contribution in [3.8, 4) is 0 Å². The van der Waals surface area contributed by atoms with Gasteiger partial charge in [0.05, 0.1) is 0 Å². The first-order valence-corrected chi connectivity index (χ1v) is 5.81. The Morgan fingerprint density at radius 3 is 2.36 bits per heavy atom. The third-order valence-corrected chi connectivity index (χ3v) is 2.31. The van der Waals surface area contributed by atoms with Crippen LogP contribution in [-0.2, 0) is 0 Å². The lowest BCUT2D eigenvalue weighted by Gasteiger charge is -2.21. The summed E-state index contributed by atoms with van der Waals surface area (Å²) < 4.78 is 0. The Labute approximate surface area is 89.1 Å². The van der Waals surface area contributed by atoms with E-state index in [2.05, 4.69) is 33.0 Å². The number of nitrogens with one attached hydrogen (secondary N) is 1. The molecule has 0 aromatic heterocycles. The molecule has 0 unspecified atom stereocenters. The molecule has 0 bridgehead atoms. The summed E-state index contributed by atoms with van der Waals surface area (Å²) in [6, 6.07) is 0. The lowest BCUT2D eigenvalue weighted by Crippen LogP contribution is -2.32. The molecule has 0 aliphatic rings. The van der Waals surface area contributed by atoms with E-state index in [9.17, 15) is 0 Å². The van der Waals surface area contributed by atoms with Gasteiger partial charge in [0.2, 0.25) is 0 Å². The maximum absolute atomic E-state index is 9.14. The molecular weight excluding hydrogens is 174 g/mol. The van der Waals surface area contributed by atoms with Gasteiger partial charge < -0.3 is 10.4 Å². The SMILES string of the molecule is CCCC[C@@H](CO)CNCC(C)(C)C. The second-order valence-electron chi connectivity index (χ2n) is 5.38. The minimum Gasteiger partial charge on any atom is -0.396 e. The highest BCUT2D eigenvalue weighted by Crippen LogP contribution is 2.11. The number of hydrogen-bond acceptors (Lipinski definition) is 2. The van der Waals surface area contributed by atoms with E-state index in [1.807, 2.05) is 0 Å². The van der Waals surface area contributed by atoms with Crippen LogP contribution >= 0.6 is 0 Å². The molecule has 0 heterocycles. The number of unbranched alkanes of at least 4 members (excludes halogenated alkanes) is 1. The molecule has 0 amide bonds. The van der Waals surface area contributed by atoms with E-state index in [1.54, 1.807) is 0 Å². The Kier molecular flexibility index (Phi) is 7.20. The van der Waals surface area contributed by atoms with Crippen LogP contribution in [-0.4, -0.2) is 24.8 Å². The molecule has 0 rings (SSSR count). The van der Waals surface area contributed by atoms with Gasteiger partial charge >= 0.3 is 0 Å². The monoisotopic (exact) mass is 201 g/mol. The molecule has 0 radical (unpaired) electrons. The summed E-state index contributed by atoms with van der Waals surface area (Å²) in [7, 11) is 0. The highest BCUT2D eigenvalue weighted by molar-refractivity contribution is 4.67. The summed E-state index contributed by atoms with van der Waals surface area (Å²) in [5.74, 6) is 0.442. The van der Waals surface area contributed by atoms with Gasteiger partial charge in [-0.15, -0.1) is 0 Å². The Bertz CT molecular complexity index is 129. The Hall–Kier alpha value is -0.0800. The summed E-state index contributed by atoms with van der Waals surface area (Å²) in [6.45, 7) is 11.2. The zero-order valence-corrected chi connectivity index (χ0v) is 10.3. The van der Waals surface area contributed by atoms with Gasteiger partial charge in [-0.25, -0.2) is 0 Å².